The van der Waals surface area contributed by atoms with Gasteiger partial charge in [0.25, 0.3) is 0 Å². The number of hydrogen-bond donors (Lipinski definition) is 0. The topological polar surface area (TPSA) is 76.9 Å². The van der Waals surface area contributed by atoms with Gasteiger partial charge < -0.3 is 9.47 Å². The molecule has 2 aromatic rings. The molecule has 3 rings (SSSR count). The van der Waals surface area contributed by atoms with Crippen molar-refractivity contribution in [3.05, 3.63) is 36.2 Å². The lowest BCUT2D eigenvalue weighted by Crippen LogP contribution is -2.47. The molecule has 1 aliphatic rings. The number of methoxy groups -OCH3 is 2. The van der Waals surface area contributed by atoms with Crippen LogP contribution in [0, 0.1) is 5.92 Å². The molecule has 1 atom stereocenters. The van der Waals surface area contributed by atoms with Gasteiger partial charge in [0, 0.05) is 31.9 Å². The molecule has 28 heavy (non-hydrogen) atoms. The summed E-state index contributed by atoms with van der Waals surface area (Å²) in [6.07, 6.45) is 5.18. The Hall–Kier alpha value is -2.26. The molecule has 154 valence electrons. The minimum atomic E-state index is -3.72. The Balaban J connectivity index is 2.01. The normalized spacial score (nSPS) is 18.1. The number of piperidine rings is 1. The van der Waals surface area contributed by atoms with Gasteiger partial charge in [-0.3, -0.25) is 4.68 Å². The number of aromatic nitrogens is 2. The second-order valence-electron chi connectivity index (χ2n) is 7.17. The van der Waals surface area contributed by atoms with Gasteiger partial charge in [0.1, 0.15) is 11.5 Å². The molecule has 8 nitrogen and oxygen atoms in total. The highest BCUT2D eigenvalue weighted by Crippen LogP contribution is 2.31. The van der Waals surface area contributed by atoms with Crippen molar-refractivity contribution in [3.63, 3.8) is 0 Å². The molecule has 2 heterocycles. The molecule has 0 spiro atoms. The van der Waals surface area contributed by atoms with E-state index in [1.807, 2.05) is 0 Å². The van der Waals surface area contributed by atoms with Crippen molar-refractivity contribution in [1.29, 1.82) is 0 Å². The smallest absolute Gasteiger partial charge is 0.304 e. The van der Waals surface area contributed by atoms with Crippen LogP contribution >= 0.6 is 0 Å². The van der Waals surface area contributed by atoms with Gasteiger partial charge in [-0.25, -0.2) is 4.31 Å². The second-order valence-corrected chi connectivity index (χ2v) is 9.02. The molecule has 1 saturated heterocycles. The van der Waals surface area contributed by atoms with Gasteiger partial charge in [0.2, 0.25) is 0 Å². The van der Waals surface area contributed by atoms with Crippen LogP contribution < -0.4 is 13.8 Å². The van der Waals surface area contributed by atoms with E-state index in [-0.39, 0.29) is 6.54 Å². The monoisotopic (exact) mass is 408 g/mol. The fourth-order valence-corrected chi connectivity index (χ4v) is 5.24. The first-order chi connectivity index (χ1) is 13.3. The molecule has 0 aliphatic carbocycles. The Bertz CT molecular complexity index is 912. The molecule has 0 unspecified atom stereocenters. The molecule has 1 aromatic carbocycles. The van der Waals surface area contributed by atoms with Gasteiger partial charge in [-0.05, 0) is 37.0 Å². The lowest BCUT2D eigenvalue weighted by atomic mass is 10.0. The van der Waals surface area contributed by atoms with Crippen LogP contribution in [-0.2, 0) is 23.8 Å². The van der Waals surface area contributed by atoms with Crippen molar-refractivity contribution in [2.45, 2.75) is 26.3 Å². The van der Waals surface area contributed by atoms with Gasteiger partial charge in [0.15, 0.2) is 0 Å². The van der Waals surface area contributed by atoms with Crippen LogP contribution in [-0.4, -0.2) is 49.8 Å². The van der Waals surface area contributed by atoms with E-state index < -0.39 is 10.2 Å². The van der Waals surface area contributed by atoms with Crippen molar-refractivity contribution in [1.82, 2.24) is 14.1 Å². The van der Waals surface area contributed by atoms with Gasteiger partial charge >= 0.3 is 10.2 Å². The molecule has 0 radical (unpaired) electrons. The van der Waals surface area contributed by atoms with Crippen LogP contribution in [0.5, 0.6) is 11.5 Å². The maximum absolute atomic E-state index is 13.5. The summed E-state index contributed by atoms with van der Waals surface area (Å²) in [6.45, 7) is 3.26. The van der Waals surface area contributed by atoms with Crippen molar-refractivity contribution in [2.75, 3.05) is 31.6 Å². The molecule has 1 aliphatic heterocycles. The lowest BCUT2D eigenvalue weighted by molar-refractivity contribution is 0.280. The number of rotatable bonds is 7. The van der Waals surface area contributed by atoms with E-state index in [0.29, 0.717) is 36.2 Å². The van der Waals surface area contributed by atoms with E-state index in [0.717, 1.165) is 18.4 Å². The van der Waals surface area contributed by atoms with Crippen LogP contribution in [0.25, 0.3) is 0 Å². The highest BCUT2D eigenvalue weighted by atomic mass is 32.2. The fourth-order valence-electron chi connectivity index (χ4n) is 3.50. The lowest BCUT2D eigenvalue weighted by Gasteiger charge is -2.35. The highest BCUT2D eigenvalue weighted by molar-refractivity contribution is 7.90. The molecule has 1 fully saturated rings. The molecule has 0 bridgehead atoms. The van der Waals surface area contributed by atoms with E-state index in [1.54, 1.807) is 60.8 Å². The molecule has 0 amide bonds. The second kappa shape index (κ2) is 8.40. The standard InChI is InChI=1S/C19H28N4O4S/c1-15-6-5-9-22(12-15)28(24,25)23(17-11-20-21(2)14-17)13-16-10-18(26-3)7-8-19(16)27-4/h7-8,10-11,14-15H,5-6,9,12-13H2,1-4H3/t15-/m0/s1. The van der Waals surface area contributed by atoms with E-state index in [4.69, 9.17) is 9.47 Å². The third kappa shape index (κ3) is 4.25. The summed E-state index contributed by atoms with van der Waals surface area (Å²) in [7, 11) is 1.19. The van der Waals surface area contributed by atoms with E-state index in [1.165, 1.54) is 4.31 Å². The average molecular weight is 409 g/mol. The first kappa shape index (κ1) is 20.5. The summed E-state index contributed by atoms with van der Waals surface area (Å²) in [5, 5.41) is 4.17. The van der Waals surface area contributed by atoms with E-state index in [2.05, 4.69) is 12.0 Å². The Morgan fingerprint density at radius 2 is 2.07 bits per heavy atom. The van der Waals surface area contributed by atoms with Crippen molar-refractivity contribution in [3.8, 4) is 11.5 Å². The largest absolute Gasteiger partial charge is 0.497 e. The van der Waals surface area contributed by atoms with Crippen LogP contribution in [0.1, 0.15) is 25.3 Å². The number of ether oxygens (including phenoxy) is 2. The number of benzene rings is 1. The summed E-state index contributed by atoms with van der Waals surface area (Å²) >= 11 is 0. The summed E-state index contributed by atoms with van der Waals surface area (Å²) < 4.78 is 42.4. The van der Waals surface area contributed by atoms with Crippen molar-refractivity contribution < 1.29 is 17.9 Å². The first-order valence-corrected chi connectivity index (χ1v) is 10.7. The SMILES string of the molecule is COc1ccc(OC)c(CN(c2cnn(C)c2)S(=O)(=O)N2CCC[C@H](C)C2)c1. The number of anilines is 1. The van der Waals surface area contributed by atoms with Crippen molar-refractivity contribution >= 4 is 15.9 Å². The Kier molecular flexibility index (Phi) is 6.14. The zero-order chi connectivity index (χ0) is 20.3. The third-order valence-electron chi connectivity index (χ3n) is 5.01. The van der Waals surface area contributed by atoms with E-state index >= 15 is 0 Å². The molecule has 1 aromatic heterocycles. The summed E-state index contributed by atoms with van der Waals surface area (Å²) in [5.41, 5.74) is 1.24. The quantitative estimate of drug-likeness (QED) is 0.703. The van der Waals surface area contributed by atoms with Gasteiger partial charge in [-0.15, -0.1) is 0 Å². The summed E-state index contributed by atoms with van der Waals surface area (Å²) in [6, 6.07) is 5.37. The maximum atomic E-state index is 13.5. The number of aryl methyl sites for hydroxylation is 1. The first-order valence-electron chi connectivity index (χ1n) is 9.32. The van der Waals surface area contributed by atoms with Gasteiger partial charge in [-0.2, -0.15) is 17.8 Å². The predicted octanol–water partition coefficient (Wildman–Crippen LogP) is 2.42. The van der Waals surface area contributed by atoms with Gasteiger partial charge in [-0.1, -0.05) is 6.92 Å². The van der Waals surface area contributed by atoms with Crippen LogP contribution in [0.15, 0.2) is 30.6 Å². The fraction of sp³-hybridized carbons (Fsp3) is 0.526. The summed E-state index contributed by atoms with van der Waals surface area (Å²) in [4.78, 5) is 0. The van der Waals surface area contributed by atoms with Crippen LogP contribution in [0.3, 0.4) is 0 Å². The van der Waals surface area contributed by atoms with Crippen LogP contribution in [0.4, 0.5) is 5.69 Å². The molecule has 9 heteroatoms. The third-order valence-corrected chi connectivity index (χ3v) is 6.89. The molecule has 0 saturated carbocycles. The molecular weight excluding hydrogens is 380 g/mol. The highest BCUT2D eigenvalue weighted by Gasteiger charge is 2.34. The van der Waals surface area contributed by atoms with E-state index in [9.17, 15) is 8.42 Å². The number of hydrogen-bond acceptors (Lipinski definition) is 5. The van der Waals surface area contributed by atoms with Crippen LogP contribution in [0.2, 0.25) is 0 Å². The number of nitrogens with zero attached hydrogens (tertiary/aromatic N) is 4. The molecular formula is C19H28N4O4S. The minimum Gasteiger partial charge on any atom is -0.497 e. The van der Waals surface area contributed by atoms with Gasteiger partial charge in [0.05, 0.1) is 32.6 Å². The Morgan fingerprint density at radius 1 is 1.29 bits per heavy atom. The molecule has 0 N–H and O–H groups in total. The zero-order valence-corrected chi connectivity index (χ0v) is 17.6. The summed E-state index contributed by atoms with van der Waals surface area (Å²) in [5.74, 6) is 1.59. The van der Waals surface area contributed by atoms with Crippen molar-refractivity contribution in [2.24, 2.45) is 13.0 Å². The average Bonchev–Trinajstić information content (AvgIpc) is 3.11. The minimum absolute atomic E-state index is 0.124. The Labute approximate surface area is 166 Å². The zero-order valence-electron chi connectivity index (χ0n) is 16.8. The maximum Gasteiger partial charge on any atom is 0.304 e. The predicted molar refractivity (Wildman–Crippen MR) is 108 cm³/mol. The Morgan fingerprint density at radius 3 is 2.68 bits per heavy atom.